The maximum absolute atomic E-state index is 13.0. The SMILES string of the molecule is [B]c1ccc2n[nH]nc2c1F. The van der Waals surface area contributed by atoms with Gasteiger partial charge in [0.2, 0.25) is 0 Å². The Morgan fingerprint density at radius 3 is 3.00 bits per heavy atom. The molecule has 2 rings (SSSR count). The van der Waals surface area contributed by atoms with Crippen LogP contribution in [0.15, 0.2) is 12.1 Å². The maximum atomic E-state index is 13.0. The zero-order valence-electron chi connectivity index (χ0n) is 5.50. The summed E-state index contributed by atoms with van der Waals surface area (Å²) in [7, 11) is 5.29. The number of nitrogens with zero attached hydrogens (tertiary/aromatic N) is 2. The molecule has 0 spiro atoms. The molecule has 0 aliphatic heterocycles. The number of hydrogen-bond acceptors (Lipinski definition) is 2. The molecule has 1 heterocycles. The smallest absolute Gasteiger partial charge is 0.147 e. The van der Waals surface area contributed by atoms with Gasteiger partial charge in [0, 0.05) is 0 Å². The largest absolute Gasteiger partial charge is 0.205 e. The van der Waals surface area contributed by atoms with Crippen LogP contribution in [0.2, 0.25) is 0 Å². The summed E-state index contributed by atoms with van der Waals surface area (Å²) in [4.78, 5) is 0. The van der Waals surface area contributed by atoms with E-state index in [0.717, 1.165) is 0 Å². The fourth-order valence-electron chi connectivity index (χ4n) is 0.895. The normalized spacial score (nSPS) is 10.6. The van der Waals surface area contributed by atoms with Crippen LogP contribution >= 0.6 is 0 Å². The minimum atomic E-state index is -0.517. The molecule has 0 fully saturated rings. The molecule has 2 radical (unpaired) electrons. The highest BCUT2D eigenvalue weighted by atomic mass is 19.1. The molecule has 3 nitrogen and oxygen atoms in total. The van der Waals surface area contributed by atoms with Crippen LogP contribution in [0.5, 0.6) is 0 Å². The summed E-state index contributed by atoms with van der Waals surface area (Å²) in [5.41, 5.74) is 0.758. The predicted octanol–water partition coefficient (Wildman–Crippen LogP) is -0.109. The molecule has 0 aliphatic carbocycles. The minimum Gasteiger partial charge on any atom is -0.205 e. The molecular formula is C6H3BFN3. The Balaban J connectivity index is 2.93. The van der Waals surface area contributed by atoms with E-state index >= 15 is 0 Å². The minimum absolute atomic E-state index is 0.0893. The Hall–Kier alpha value is -1.39. The number of H-pyrrole nitrogens is 1. The maximum Gasteiger partial charge on any atom is 0.147 e. The zero-order chi connectivity index (χ0) is 7.84. The van der Waals surface area contributed by atoms with Crippen LogP contribution in [0.1, 0.15) is 0 Å². The molecule has 0 unspecified atom stereocenters. The first-order valence-electron chi connectivity index (χ1n) is 3.03. The number of halogens is 1. The standard InChI is InChI=1S/C6H3BFN3/c7-3-1-2-4-6(5(3)8)10-11-9-4/h1-2H,(H,9,10,11). The first kappa shape index (κ1) is 6.33. The van der Waals surface area contributed by atoms with Crippen molar-refractivity contribution in [3.05, 3.63) is 17.9 Å². The van der Waals surface area contributed by atoms with Gasteiger partial charge >= 0.3 is 0 Å². The molecule has 1 aromatic heterocycles. The van der Waals surface area contributed by atoms with Crippen LogP contribution in [0.3, 0.4) is 0 Å². The lowest BCUT2D eigenvalue weighted by molar-refractivity contribution is 0.644. The van der Waals surface area contributed by atoms with Gasteiger partial charge in [-0.3, -0.25) is 0 Å². The van der Waals surface area contributed by atoms with Gasteiger partial charge in [-0.05, 0) is 6.07 Å². The van der Waals surface area contributed by atoms with Crippen molar-refractivity contribution in [3.8, 4) is 0 Å². The van der Waals surface area contributed by atoms with Crippen LogP contribution < -0.4 is 5.46 Å². The third-order valence-corrected chi connectivity index (χ3v) is 1.46. The van der Waals surface area contributed by atoms with Gasteiger partial charge in [0.15, 0.2) is 0 Å². The summed E-state index contributed by atoms with van der Waals surface area (Å²) in [6.07, 6.45) is 0. The van der Waals surface area contributed by atoms with E-state index in [1.165, 1.54) is 6.07 Å². The lowest BCUT2D eigenvalue weighted by Crippen LogP contribution is -2.07. The number of aromatic amines is 1. The lowest BCUT2D eigenvalue weighted by atomic mass is 9.95. The van der Waals surface area contributed by atoms with Crippen molar-refractivity contribution < 1.29 is 4.39 Å². The van der Waals surface area contributed by atoms with E-state index in [2.05, 4.69) is 15.4 Å². The summed E-state index contributed by atoms with van der Waals surface area (Å²) >= 11 is 0. The van der Waals surface area contributed by atoms with E-state index in [4.69, 9.17) is 7.85 Å². The summed E-state index contributed by atoms with van der Waals surface area (Å²) in [6.45, 7) is 0. The van der Waals surface area contributed by atoms with Gasteiger partial charge in [0.25, 0.3) is 0 Å². The molecule has 2 aromatic rings. The van der Waals surface area contributed by atoms with Crippen molar-refractivity contribution in [1.29, 1.82) is 0 Å². The highest BCUT2D eigenvalue weighted by Gasteiger charge is 2.05. The van der Waals surface area contributed by atoms with Crippen molar-refractivity contribution in [2.75, 3.05) is 0 Å². The fraction of sp³-hybridized carbons (Fsp3) is 0. The van der Waals surface area contributed by atoms with Crippen LogP contribution in [0.4, 0.5) is 4.39 Å². The number of fused-ring (bicyclic) bond motifs is 1. The van der Waals surface area contributed by atoms with Gasteiger partial charge < -0.3 is 0 Å². The molecule has 0 amide bonds. The predicted molar refractivity (Wildman–Crippen MR) is 39.2 cm³/mol. The van der Waals surface area contributed by atoms with E-state index in [1.807, 2.05) is 0 Å². The van der Waals surface area contributed by atoms with Crippen LogP contribution in [0.25, 0.3) is 11.0 Å². The molecule has 0 saturated heterocycles. The Kier molecular flexibility index (Phi) is 1.18. The first-order valence-corrected chi connectivity index (χ1v) is 3.03. The number of nitrogens with one attached hydrogen (secondary N) is 1. The molecule has 52 valence electrons. The molecule has 0 bridgehead atoms. The molecule has 0 aliphatic rings. The summed E-state index contributed by atoms with van der Waals surface area (Å²) < 4.78 is 13.0. The summed E-state index contributed by atoms with van der Waals surface area (Å²) in [6, 6.07) is 3.07. The average Bonchev–Trinajstić information content (AvgIpc) is 2.45. The summed E-state index contributed by atoms with van der Waals surface area (Å²) in [5, 5.41) is 9.59. The zero-order valence-corrected chi connectivity index (χ0v) is 5.50. The molecule has 11 heavy (non-hydrogen) atoms. The number of rotatable bonds is 0. The Labute approximate surface area is 63.0 Å². The molecular weight excluding hydrogens is 144 g/mol. The third-order valence-electron chi connectivity index (χ3n) is 1.46. The van der Waals surface area contributed by atoms with Crippen molar-refractivity contribution >= 4 is 24.3 Å². The fourth-order valence-corrected chi connectivity index (χ4v) is 0.895. The van der Waals surface area contributed by atoms with Gasteiger partial charge in [-0.1, -0.05) is 11.5 Å². The highest BCUT2D eigenvalue weighted by Crippen LogP contribution is 2.08. The van der Waals surface area contributed by atoms with E-state index in [-0.39, 0.29) is 11.0 Å². The van der Waals surface area contributed by atoms with Crippen LogP contribution in [-0.4, -0.2) is 23.3 Å². The van der Waals surface area contributed by atoms with E-state index in [1.54, 1.807) is 6.07 Å². The Morgan fingerprint density at radius 2 is 2.18 bits per heavy atom. The second kappa shape index (κ2) is 2.05. The molecule has 5 heteroatoms. The molecule has 1 N–H and O–H groups in total. The van der Waals surface area contributed by atoms with Crippen molar-refractivity contribution in [1.82, 2.24) is 15.4 Å². The second-order valence-corrected chi connectivity index (χ2v) is 2.16. The van der Waals surface area contributed by atoms with Gasteiger partial charge in [0.1, 0.15) is 24.7 Å². The van der Waals surface area contributed by atoms with Gasteiger partial charge in [0.05, 0.1) is 0 Å². The van der Waals surface area contributed by atoms with Gasteiger partial charge in [-0.25, -0.2) is 4.39 Å². The average molecular weight is 147 g/mol. The van der Waals surface area contributed by atoms with Gasteiger partial charge in [-0.15, -0.1) is 0 Å². The van der Waals surface area contributed by atoms with Crippen molar-refractivity contribution in [3.63, 3.8) is 0 Å². The first-order chi connectivity index (χ1) is 5.29. The van der Waals surface area contributed by atoms with Crippen molar-refractivity contribution in [2.45, 2.75) is 0 Å². The third kappa shape index (κ3) is 0.807. The van der Waals surface area contributed by atoms with Gasteiger partial charge in [-0.2, -0.15) is 15.4 Å². The van der Waals surface area contributed by atoms with Crippen LogP contribution in [0, 0.1) is 5.82 Å². The summed E-state index contributed by atoms with van der Waals surface area (Å²) in [5.74, 6) is -0.517. The second-order valence-electron chi connectivity index (χ2n) is 2.16. The number of hydrogen-bond donors (Lipinski definition) is 1. The Morgan fingerprint density at radius 1 is 1.36 bits per heavy atom. The monoisotopic (exact) mass is 147 g/mol. The Bertz CT molecular complexity index is 398. The van der Waals surface area contributed by atoms with E-state index in [9.17, 15) is 4.39 Å². The highest BCUT2D eigenvalue weighted by molar-refractivity contribution is 6.33. The number of aromatic nitrogens is 3. The number of benzene rings is 1. The van der Waals surface area contributed by atoms with E-state index < -0.39 is 5.82 Å². The van der Waals surface area contributed by atoms with E-state index in [0.29, 0.717) is 5.52 Å². The van der Waals surface area contributed by atoms with Crippen LogP contribution in [-0.2, 0) is 0 Å². The molecule has 1 aromatic carbocycles. The quantitative estimate of drug-likeness (QED) is 0.528. The van der Waals surface area contributed by atoms with Crippen molar-refractivity contribution in [2.24, 2.45) is 0 Å². The topological polar surface area (TPSA) is 41.6 Å². The molecule has 0 atom stereocenters. The lowest BCUT2D eigenvalue weighted by Gasteiger charge is -1.93. The molecule has 0 saturated carbocycles.